The smallest absolute Gasteiger partial charge is 0.361 e. The van der Waals surface area contributed by atoms with E-state index >= 15 is 0 Å². The molecule has 2 aromatic rings. The molecule has 0 amide bonds. The Morgan fingerprint density at radius 1 is 1.30 bits per heavy atom. The molecule has 1 aromatic heterocycles. The van der Waals surface area contributed by atoms with Crippen molar-refractivity contribution >= 4 is 40.8 Å². The molecule has 1 atom stereocenters. The highest BCUT2D eigenvalue weighted by molar-refractivity contribution is 14.0. The van der Waals surface area contributed by atoms with Crippen LogP contribution in [0.15, 0.2) is 29.4 Å². The van der Waals surface area contributed by atoms with Gasteiger partial charge < -0.3 is 15.6 Å². The first-order chi connectivity index (χ1) is 13.8. The number of hydrogen-bond donors (Lipinski definition) is 3. The fraction of sp³-hybridized carbons (Fsp3) is 0.550. The number of hydrogen-bond acceptors (Lipinski definition) is 2. The number of nitrogens with zero attached hydrogens (tertiary/aromatic N) is 2. The Bertz CT molecular complexity index is 836. The number of rotatable bonds is 7. The van der Waals surface area contributed by atoms with E-state index in [-0.39, 0.29) is 35.7 Å². The van der Waals surface area contributed by atoms with E-state index in [1.165, 1.54) is 17.0 Å². The predicted molar refractivity (Wildman–Crippen MR) is 122 cm³/mol. The Balaban J connectivity index is 0.00000320. The number of aromatic nitrogens is 1. The minimum absolute atomic E-state index is 0. The van der Waals surface area contributed by atoms with Gasteiger partial charge in [-0.05, 0) is 56.0 Å². The van der Waals surface area contributed by atoms with Crippen LogP contribution in [-0.2, 0) is 6.42 Å². The molecule has 1 aliphatic rings. The van der Waals surface area contributed by atoms with Crippen molar-refractivity contribution < 1.29 is 17.6 Å². The first-order valence-electron chi connectivity index (χ1n) is 9.91. The number of H-pyrrole nitrogens is 1. The van der Waals surface area contributed by atoms with E-state index in [1.807, 2.05) is 13.1 Å². The molecule has 1 saturated heterocycles. The van der Waals surface area contributed by atoms with Crippen LogP contribution < -0.4 is 10.6 Å². The molecule has 3 rings (SSSR count). The molecule has 0 bridgehead atoms. The van der Waals surface area contributed by atoms with Crippen molar-refractivity contribution in [2.75, 3.05) is 39.3 Å². The van der Waals surface area contributed by atoms with E-state index in [1.54, 1.807) is 6.07 Å². The molecule has 0 aliphatic carbocycles. The lowest BCUT2D eigenvalue weighted by atomic mass is 10.1. The summed E-state index contributed by atoms with van der Waals surface area (Å²) < 4.78 is 51.0. The standard InChI is InChI=1S/C20H27F4N5.HI/c1-2-25-19(28-10-14-6-8-29(12-14)13-20(22,23)24)26-7-5-15-11-27-18-4-3-16(21)9-17(15)18;/h3-4,9,11,14,27H,2,5-8,10,12-13H2,1H3,(H2,25,26,28);1H. The summed E-state index contributed by atoms with van der Waals surface area (Å²) in [5, 5.41) is 7.27. The molecule has 2 heterocycles. The van der Waals surface area contributed by atoms with Crippen molar-refractivity contribution in [1.29, 1.82) is 0 Å². The minimum atomic E-state index is -4.15. The van der Waals surface area contributed by atoms with E-state index in [0.717, 1.165) is 22.9 Å². The van der Waals surface area contributed by atoms with Gasteiger partial charge in [0.05, 0.1) is 6.54 Å². The zero-order chi connectivity index (χ0) is 20.9. The molecule has 1 aliphatic heterocycles. The Morgan fingerprint density at radius 3 is 2.83 bits per heavy atom. The maximum atomic E-state index is 13.5. The summed E-state index contributed by atoms with van der Waals surface area (Å²) >= 11 is 0. The van der Waals surface area contributed by atoms with Gasteiger partial charge in [-0.1, -0.05) is 0 Å². The van der Waals surface area contributed by atoms with Crippen LogP contribution in [0.1, 0.15) is 18.9 Å². The number of fused-ring (bicyclic) bond motifs is 1. The second-order valence-electron chi connectivity index (χ2n) is 7.41. The molecule has 3 N–H and O–H groups in total. The Labute approximate surface area is 190 Å². The molecule has 10 heteroatoms. The lowest BCUT2D eigenvalue weighted by Gasteiger charge is -2.17. The van der Waals surface area contributed by atoms with Crippen molar-refractivity contribution in [3.05, 3.63) is 35.8 Å². The van der Waals surface area contributed by atoms with Gasteiger partial charge in [0.2, 0.25) is 0 Å². The van der Waals surface area contributed by atoms with Crippen molar-refractivity contribution in [2.24, 2.45) is 10.9 Å². The summed E-state index contributed by atoms with van der Waals surface area (Å²) in [6.45, 7) is 3.78. The summed E-state index contributed by atoms with van der Waals surface area (Å²) in [6, 6.07) is 4.67. The van der Waals surface area contributed by atoms with E-state index in [0.29, 0.717) is 45.1 Å². The Kier molecular flexibility index (Phi) is 9.20. The van der Waals surface area contributed by atoms with E-state index in [4.69, 9.17) is 0 Å². The highest BCUT2D eigenvalue weighted by atomic mass is 127. The molecule has 0 radical (unpaired) electrons. The minimum Gasteiger partial charge on any atom is -0.361 e. The predicted octanol–water partition coefficient (Wildman–Crippen LogP) is 3.91. The fourth-order valence-electron chi connectivity index (χ4n) is 3.69. The molecule has 0 saturated carbocycles. The number of alkyl halides is 3. The number of nitrogens with one attached hydrogen (secondary N) is 3. The summed E-state index contributed by atoms with van der Waals surface area (Å²) in [5.41, 5.74) is 1.91. The van der Waals surface area contributed by atoms with Gasteiger partial charge >= 0.3 is 6.18 Å². The van der Waals surface area contributed by atoms with Gasteiger partial charge in [0, 0.05) is 43.3 Å². The van der Waals surface area contributed by atoms with Gasteiger partial charge in [0.15, 0.2) is 5.96 Å². The molecular weight excluding hydrogens is 513 g/mol. The van der Waals surface area contributed by atoms with Crippen LogP contribution >= 0.6 is 24.0 Å². The first kappa shape index (κ1) is 24.7. The van der Waals surface area contributed by atoms with Crippen molar-refractivity contribution in [3.8, 4) is 0 Å². The third-order valence-electron chi connectivity index (χ3n) is 5.04. The van der Waals surface area contributed by atoms with Gasteiger partial charge in [-0.15, -0.1) is 24.0 Å². The van der Waals surface area contributed by atoms with Crippen LogP contribution in [-0.4, -0.2) is 61.3 Å². The quantitative estimate of drug-likeness (QED) is 0.216. The van der Waals surface area contributed by atoms with Gasteiger partial charge in [-0.3, -0.25) is 9.89 Å². The Morgan fingerprint density at radius 2 is 2.10 bits per heavy atom. The summed E-state index contributed by atoms with van der Waals surface area (Å²) in [4.78, 5) is 9.12. The first-order valence-corrected chi connectivity index (χ1v) is 9.91. The Hall–Kier alpha value is -1.56. The van der Waals surface area contributed by atoms with Gasteiger partial charge in [0.1, 0.15) is 5.82 Å². The second kappa shape index (κ2) is 11.2. The monoisotopic (exact) mass is 541 g/mol. The average Bonchev–Trinajstić information content (AvgIpc) is 3.25. The van der Waals surface area contributed by atoms with Crippen LogP contribution in [0.25, 0.3) is 10.9 Å². The third kappa shape index (κ3) is 7.29. The van der Waals surface area contributed by atoms with Gasteiger partial charge in [-0.2, -0.15) is 13.2 Å². The maximum Gasteiger partial charge on any atom is 0.401 e. The van der Waals surface area contributed by atoms with E-state index < -0.39 is 12.7 Å². The molecule has 1 unspecified atom stereocenters. The molecule has 1 aromatic carbocycles. The lowest BCUT2D eigenvalue weighted by molar-refractivity contribution is -0.143. The zero-order valence-corrected chi connectivity index (χ0v) is 19.2. The largest absolute Gasteiger partial charge is 0.401 e. The molecule has 30 heavy (non-hydrogen) atoms. The van der Waals surface area contributed by atoms with Crippen LogP contribution in [0, 0.1) is 11.7 Å². The summed E-state index contributed by atoms with van der Waals surface area (Å²) in [5.74, 6) is 0.509. The fourth-order valence-corrected chi connectivity index (χ4v) is 3.69. The number of aliphatic imine (C=N–C) groups is 1. The molecule has 1 fully saturated rings. The molecule has 168 valence electrons. The van der Waals surface area contributed by atoms with Crippen molar-refractivity contribution in [3.63, 3.8) is 0 Å². The summed E-state index contributed by atoms with van der Waals surface area (Å²) in [7, 11) is 0. The maximum absolute atomic E-state index is 13.5. The number of benzene rings is 1. The molecular formula is C20H28F4IN5. The van der Waals surface area contributed by atoms with Crippen LogP contribution in [0.4, 0.5) is 17.6 Å². The van der Waals surface area contributed by atoms with E-state index in [9.17, 15) is 17.6 Å². The van der Waals surface area contributed by atoms with Crippen LogP contribution in [0.2, 0.25) is 0 Å². The third-order valence-corrected chi connectivity index (χ3v) is 5.04. The topological polar surface area (TPSA) is 55.5 Å². The number of halogens is 5. The van der Waals surface area contributed by atoms with Crippen molar-refractivity contribution in [2.45, 2.75) is 25.9 Å². The lowest BCUT2D eigenvalue weighted by Crippen LogP contribution is -2.38. The highest BCUT2D eigenvalue weighted by Crippen LogP contribution is 2.23. The van der Waals surface area contributed by atoms with Gasteiger partial charge in [0.25, 0.3) is 0 Å². The number of guanidine groups is 1. The SMILES string of the molecule is CCNC(=NCC1CCN(CC(F)(F)F)C1)NCCc1c[nH]c2ccc(F)cc12.I. The zero-order valence-electron chi connectivity index (χ0n) is 16.9. The van der Waals surface area contributed by atoms with E-state index in [2.05, 4.69) is 20.6 Å². The van der Waals surface area contributed by atoms with Crippen molar-refractivity contribution in [1.82, 2.24) is 20.5 Å². The average molecular weight is 541 g/mol. The number of likely N-dealkylation sites (tertiary alicyclic amines) is 1. The summed E-state index contributed by atoms with van der Waals surface area (Å²) in [6.07, 6.45) is -0.861. The highest BCUT2D eigenvalue weighted by Gasteiger charge is 2.34. The molecule has 5 nitrogen and oxygen atoms in total. The van der Waals surface area contributed by atoms with Crippen LogP contribution in [0.5, 0.6) is 0 Å². The normalized spacial score (nSPS) is 17.9. The number of aromatic amines is 1. The molecule has 0 spiro atoms. The van der Waals surface area contributed by atoms with Crippen LogP contribution in [0.3, 0.4) is 0 Å². The second-order valence-corrected chi connectivity index (χ2v) is 7.41. The van der Waals surface area contributed by atoms with Gasteiger partial charge in [-0.25, -0.2) is 4.39 Å².